The van der Waals surface area contributed by atoms with Crippen molar-refractivity contribution in [3.63, 3.8) is 0 Å². The number of aromatic nitrogens is 4. The summed E-state index contributed by atoms with van der Waals surface area (Å²) in [5, 5.41) is 17.2. The molecule has 3 aromatic rings. The van der Waals surface area contributed by atoms with Crippen molar-refractivity contribution < 1.29 is 9.84 Å². The summed E-state index contributed by atoms with van der Waals surface area (Å²) in [6.45, 7) is 3.96. The van der Waals surface area contributed by atoms with Gasteiger partial charge in [-0.25, -0.2) is 15.0 Å². The third-order valence-corrected chi connectivity index (χ3v) is 3.74. The van der Waals surface area contributed by atoms with E-state index in [0.717, 1.165) is 22.2 Å². The Kier molecular flexibility index (Phi) is 5.77. The molecule has 0 aliphatic heterocycles. The van der Waals surface area contributed by atoms with Crippen LogP contribution in [0.2, 0.25) is 0 Å². The standard InChI is InChI=1S/C19H22N6O2/c1-12(2)27-14-3-4-16-15(9-14)18(25-24-16)19-21-7-5-17(23-19)22-11-13(10-20)6-8-26/h3-5,7,9-12,26H,6,8,20H2,1-2H3,(H,24,25). The number of hydrogen-bond acceptors (Lipinski definition) is 7. The fourth-order valence-electron chi connectivity index (χ4n) is 2.51. The van der Waals surface area contributed by atoms with Gasteiger partial charge in [-0.15, -0.1) is 0 Å². The largest absolute Gasteiger partial charge is 0.491 e. The number of ether oxygens (including phenoxy) is 1. The number of aliphatic imine (C=N–C) groups is 1. The first-order valence-electron chi connectivity index (χ1n) is 8.64. The van der Waals surface area contributed by atoms with Crippen molar-refractivity contribution in [2.75, 3.05) is 6.61 Å². The zero-order chi connectivity index (χ0) is 19.2. The molecule has 0 aliphatic carbocycles. The van der Waals surface area contributed by atoms with Gasteiger partial charge in [0.15, 0.2) is 11.6 Å². The van der Waals surface area contributed by atoms with E-state index >= 15 is 0 Å². The number of nitrogens with one attached hydrogen (secondary N) is 1. The van der Waals surface area contributed by atoms with Gasteiger partial charge < -0.3 is 15.6 Å². The zero-order valence-electron chi connectivity index (χ0n) is 15.3. The summed E-state index contributed by atoms with van der Waals surface area (Å²) < 4.78 is 5.76. The molecule has 140 valence electrons. The second-order valence-corrected chi connectivity index (χ2v) is 6.16. The van der Waals surface area contributed by atoms with Crippen LogP contribution in [-0.2, 0) is 0 Å². The molecule has 2 aromatic heterocycles. The van der Waals surface area contributed by atoms with Gasteiger partial charge in [-0.1, -0.05) is 0 Å². The van der Waals surface area contributed by atoms with Crippen molar-refractivity contribution in [1.82, 2.24) is 20.2 Å². The number of nitrogens with zero attached hydrogens (tertiary/aromatic N) is 4. The number of fused-ring (bicyclic) bond motifs is 1. The first-order valence-corrected chi connectivity index (χ1v) is 8.64. The van der Waals surface area contributed by atoms with E-state index in [4.69, 9.17) is 15.6 Å². The lowest BCUT2D eigenvalue weighted by atomic mass is 10.2. The Hall–Kier alpha value is -3.26. The van der Waals surface area contributed by atoms with E-state index in [1.54, 1.807) is 18.5 Å². The smallest absolute Gasteiger partial charge is 0.182 e. The topological polar surface area (TPSA) is 122 Å². The fraction of sp³-hybridized carbons (Fsp3) is 0.263. The second-order valence-electron chi connectivity index (χ2n) is 6.16. The molecule has 0 amide bonds. The maximum atomic E-state index is 9.01. The quantitative estimate of drug-likeness (QED) is 0.553. The SMILES string of the molecule is CC(C)Oc1ccc2[nH]nc(-c3nccc(N=CC(=CN)CCO)n3)c2c1. The first-order chi connectivity index (χ1) is 13.1. The van der Waals surface area contributed by atoms with Crippen molar-refractivity contribution in [1.29, 1.82) is 0 Å². The molecule has 0 atom stereocenters. The van der Waals surface area contributed by atoms with Gasteiger partial charge in [0.25, 0.3) is 0 Å². The Morgan fingerprint density at radius 3 is 2.96 bits per heavy atom. The summed E-state index contributed by atoms with van der Waals surface area (Å²) in [7, 11) is 0. The molecule has 0 radical (unpaired) electrons. The predicted octanol–water partition coefficient (Wildman–Crippen LogP) is 2.73. The summed E-state index contributed by atoms with van der Waals surface area (Å²) in [6.07, 6.45) is 5.14. The van der Waals surface area contributed by atoms with Gasteiger partial charge in [-0.2, -0.15) is 5.10 Å². The highest BCUT2D eigenvalue weighted by molar-refractivity contribution is 5.92. The summed E-state index contributed by atoms with van der Waals surface area (Å²) in [5.41, 5.74) is 7.73. The minimum absolute atomic E-state index is 0.00409. The van der Waals surface area contributed by atoms with Crippen molar-refractivity contribution in [2.45, 2.75) is 26.4 Å². The van der Waals surface area contributed by atoms with E-state index in [1.165, 1.54) is 6.20 Å². The van der Waals surface area contributed by atoms with Crippen LogP contribution in [0.15, 0.2) is 47.2 Å². The number of nitrogens with two attached hydrogens (primary N) is 1. The van der Waals surface area contributed by atoms with Gasteiger partial charge in [0.05, 0.1) is 11.6 Å². The zero-order valence-corrected chi connectivity index (χ0v) is 15.3. The van der Waals surface area contributed by atoms with Gasteiger partial charge in [0.1, 0.15) is 11.4 Å². The third-order valence-electron chi connectivity index (χ3n) is 3.74. The third kappa shape index (κ3) is 4.48. The van der Waals surface area contributed by atoms with Crippen LogP contribution in [-0.4, -0.2) is 44.2 Å². The summed E-state index contributed by atoms with van der Waals surface area (Å²) in [5.74, 6) is 1.69. The van der Waals surface area contributed by atoms with Crippen molar-refractivity contribution in [3.05, 3.63) is 42.2 Å². The van der Waals surface area contributed by atoms with Crippen LogP contribution >= 0.6 is 0 Å². The average molecular weight is 366 g/mol. The van der Waals surface area contributed by atoms with Crippen LogP contribution in [0.5, 0.6) is 5.75 Å². The molecule has 3 rings (SSSR count). The molecule has 0 aliphatic rings. The lowest BCUT2D eigenvalue weighted by Crippen LogP contribution is -2.05. The Balaban J connectivity index is 1.94. The molecule has 4 N–H and O–H groups in total. The van der Waals surface area contributed by atoms with E-state index in [1.807, 2.05) is 32.0 Å². The Labute approximate surface area is 156 Å². The van der Waals surface area contributed by atoms with Gasteiger partial charge in [-0.3, -0.25) is 5.10 Å². The minimum Gasteiger partial charge on any atom is -0.491 e. The Bertz CT molecular complexity index is 977. The van der Waals surface area contributed by atoms with Crippen molar-refractivity contribution in [3.8, 4) is 17.3 Å². The molecule has 0 fully saturated rings. The maximum absolute atomic E-state index is 9.01. The molecule has 8 heteroatoms. The van der Waals surface area contributed by atoms with Crippen LogP contribution in [0.4, 0.5) is 5.82 Å². The van der Waals surface area contributed by atoms with Crippen molar-refractivity contribution in [2.24, 2.45) is 10.7 Å². The van der Waals surface area contributed by atoms with Crippen LogP contribution in [0.3, 0.4) is 0 Å². The number of aliphatic hydroxyl groups is 1. The number of aliphatic hydroxyl groups excluding tert-OH is 1. The normalized spacial score (nSPS) is 12.4. The van der Waals surface area contributed by atoms with Gasteiger partial charge in [0.2, 0.25) is 0 Å². The highest BCUT2D eigenvalue weighted by atomic mass is 16.5. The van der Waals surface area contributed by atoms with Gasteiger partial charge in [-0.05, 0) is 50.2 Å². The second kappa shape index (κ2) is 8.41. The van der Waals surface area contributed by atoms with Crippen LogP contribution < -0.4 is 10.5 Å². The van der Waals surface area contributed by atoms with Crippen LogP contribution in [0.1, 0.15) is 20.3 Å². The average Bonchev–Trinajstić information content (AvgIpc) is 3.08. The molecule has 0 bridgehead atoms. The molecule has 1 aromatic carbocycles. The molecular weight excluding hydrogens is 344 g/mol. The van der Waals surface area contributed by atoms with Crippen LogP contribution in [0, 0.1) is 0 Å². The monoisotopic (exact) mass is 366 g/mol. The van der Waals surface area contributed by atoms with Crippen LogP contribution in [0.25, 0.3) is 22.4 Å². The Morgan fingerprint density at radius 2 is 2.22 bits per heavy atom. The van der Waals surface area contributed by atoms with E-state index in [-0.39, 0.29) is 12.7 Å². The molecule has 0 spiro atoms. The number of rotatable bonds is 7. The molecule has 0 saturated carbocycles. The lowest BCUT2D eigenvalue weighted by Gasteiger charge is -2.09. The maximum Gasteiger partial charge on any atom is 0.182 e. The number of hydrogen-bond donors (Lipinski definition) is 3. The predicted molar refractivity (Wildman–Crippen MR) is 105 cm³/mol. The summed E-state index contributed by atoms with van der Waals surface area (Å²) >= 11 is 0. The number of aromatic amines is 1. The molecule has 0 unspecified atom stereocenters. The summed E-state index contributed by atoms with van der Waals surface area (Å²) in [4.78, 5) is 13.1. The van der Waals surface area contributed by atoms with E-state index in [9.17, 15) is 0 Å². The van der Waals surface area contributed by atoms with E-state index in [0.29, 0.717) is 23.8 Å². The van der Waals surface area contributed by atoms with Crippen molar-refractivity contribution >= 4 is 22.9 Å². The van der Waals surface area contributed by atoms with E-state index in [2.05, 4.69) is 25.2 Å². The van der Waals surface area contributed by atoms with Gasteiger partial charge in [0, 0.05) is 30.5 Å². The Morgan fingerprint density at radius 1 is 1.37 bits per heavy atom. The minimum atomic E-state index is 0.00409. The lowest BCUT2D eigenvalue weighted by molar-refractivity contribution is 0.243. The highest BCUT2D eigenvalue weighted by Crippen LogP contribution is 2.28. The molecule has 2 heterocycles. The van der Waals surface area contributed by atoms with E-state index < -0.39 is 0 Å². The number of benzene rings is 1. The fourth-order valence-corrected chi connectivity index (χ4v) is 2.51. The molecule has 0 saturated heterocycles. The number of H-pyrrole nitrogens is 1. The molecular formula is C19H22N6O2. The first kappa shape index (κ1) is 18.5. The van der Waals surface area contributed by atoms with Gasteiger partial charge >= 0.3 is 0 Å². The molecule has 8 nitrogen and oxygen atoms in total. The summed E-state index contributed by atoms with van der Waals surface area (Å²) in [6, 6.07) is 7.42. The highest BCUT2D eigenvalue weighted by Gasteiger charge is 2.13. The molecule has 27 heavy (non-hydrogen) atoms.